The summed E-state index contributed by atoms with van der Waals surface area (Å²) in [7, 11) is 0. The van der Waals surface area contributed by atoms with Crippen molar-refractivity contribution in [3.63, 3.8) is 0 Å². The molecule has 96 valence electrons. The number of nitrogens with one attached hydrogen (secondary N) is 2. The first-order chi connectivity index (χ1) is 9.29. The van der Waals surface area contributed by atoms with Crippen molar-refractivity contribution in [3.05, 3.63) is 42.0 Å². The van der Waals surface area contributed by atoms with E-state index in [-0.39, 0.29) is 12.5 Å². The smallest absolute Gasteiger partial charge is 0.259 e. The summed E-state index contributed by atoms with van der Waals surface area (Å²) in [5, 5.41) is 11.2. The van der Waals surface area contributed by atoms with Crippen molar-refractivity contribution in [2.75, 3.05) is 11.9 Å². The first-order valence-corrected chi connectivity index (χ1v) is 5.65. The van der Waals surface area contributed by atoms with E-state index in [2.05, 4.69) is 32.1 Å². The minimum absolute atomic E-state index is 0.0130. The molecule has 1 amide bonds. The lowest BCUT2D eigenvalue weighted by molar-refractivity contribution is 0.102. The molecule has 2 heterocycles. The number of carbonyl (C=O) groups excluding carboxylic acids is 1. The third kappa shape index (κ3) is 3.66. The lowest BCUT2D eigenvalue weighted by Gasteiger charge is -2.01. The number of H-pyrrole nitrogens is 1. The Balaban J connectivity index is 2.10. The van der Waals surface area contributed by atoms with E-state index in [1.807, 2.05) is 0 Å². The Hall–Kier alpha value is -2.65. The molecule has 2 aromatic heterocycles. The van der Waals surface area contributed by atoms with Crippen LogP contribution in [-0.4, -0.2) is 32.6 Å². The second-order valence-electron chi connectivity index (χ2n) is 3.63. The van der Waals surface area contributed by atoms with Gasteiger partial charge in [0.25, 0.3) is 5.91 Å². The monoisotopic (exact) mass is 256 g/mol. The fourth-order valence-electron chi connectivity index (χ4n) is 1.37. The number of nitrogens with zero attached hydrogens (tertiary/aromatic N) is 2. The molecule has 2 aromatic rings. The number of anilines is 1. The van der Waals surface area contributed by atoms with Crippen LogP contribution >= 0.6 is 0 Å². The number of imidazole rings is 1. The van der Waals surface area contributed by atoms with Gasteiger partial charge in [-0.05, 0) is 6.07 Å². The van der Waals surface area contributed by atoms with E-state index in [4.69, 9.17) is 5.11 Å². The van der Waals surface area contributed by atoms with Crippen LogP contribution in [0.5, 0.6) is 0 Å². The van der Waals surface area contributed by atoms with E-state index in [0.717, 1.165) is 0 Å². The second-order valence-corrected chi connectivity index (χ2v) is 3.63. The Kier molecular flexibility index (Phi) is 4.26. The van der Waals surface area contributed by atoms with Gasteiger partial charge in [0.15, 0.2) is 0 Å². The number of aromatic nitrogens is 3. The Morgan fingerprint density at radius 2 is 2.37 bits per heavy atom. The highest BCUT2D eigenvalue weighted by molar-refractivity contribution is 6.03. The standard InChI is InChI=1S/C13H12N4O2/c18-6-2-1-3-10-7-11(9-14-8-10)12(19)17-13-15-4-5-16-13/h4-5,7-9,18H,2,6H2,(H2,15,16,17,19). The van der Waals surface area contributed by atoms with Crippen molar-refractivity contribution >= 4 is 11.9 Å². The van der Waals surface area contributed by atoms with Crippen LogP contribution < -0.4 is 5.32 Å². The zero-order valence-electron chi connectivity index (χ0n) is 10.1. The van der Waals surface area contributed by atoms with Crippen LogP contribution in [0.4, 0.5) is 5.95 Å². The van der Waals surface area contributed by atoms with Crippen molar-refractivity contribution < 1.29 is 9.90 Å². The highest BCUT2D eigenvalue weighted by atomic mass is 16.2. The lowest BCUT2D eigenvalue weighted by atomic mass is 10.2. The predicted octanol–water partition coefficient (Wildman–Crippen LogP) is 0.791. The molecule has 0 bridgehead atoms. The Bertz CT molecular complexity index is 611. The van der Waals surface area contributed by atoms with Gasteiger partial charge in [0.2, 0.25) is 5.95 Å². The topological polar surface area (TPSA) is 90.9 Å². The minimum atomic E-state index is -0.312. The number of hydrogen-bond acceptors (Lipinski definition) is 4. The zero-order chi connectivity index (χ0) is 13.5. The molecule has 0 saturated carbocycles. The van der Waals surface area contributed by atoms with Crippen molar-refractivity contribution in [2.45, 2.75) is 6.42 Å². The molecule has 0 aliphatic heterocycles. The van der Waals surface area contributed by atoms with Gasteiger partial charge in [-0.25, -0.2) is 4.98 Å². The molecule has 0 aliphatic rings. The van der Waals surface area contributed by atoms with Gasteiger partial charge in [0, 0.05) is 36.8 Å². The van der Waals surface area contributed by atoms with Gasteiger partial charge in [-0.3, -0.25) is 15.1 Å². The maximum Gasteiger partial charge on any atom is 0.259 e. The molecule has 6 nitrogen and oxygen atoms in total. The number of hydrogen-bond donors (Lipinski definition) is 3. The fraction of sp³-hybridized carbons (Fsp3) is 0.154. The van der Waals surface area contributed by atoms with Gasteiger partial charge in [-0.2, -0.15) is 0 Å². The molecule has 0 spiro atoms. The number of aliphatic hydroxyl groups excluding tert-OH is 1. The molecule has 0 unspecified atom stereocenters. The molecule has 0 aliphatic carbocycles. The van der Waals surface area contributed by atoms with Crippen molar-refractivity contribution in [1.29, 1.82) is 0 Å². The Morgan fingerprint density at radius 3 is 3.11 bits per heavy atom. The Morgan fingerprint density at radius 1 is 1.47 bits per heavy atom. The summed E-state index contributed by atoms with van der Waals surface area (Å²) in [6, 6.07) is 1.63. The van der Waals surface area contributed by atoms with E-state index in [0.29, 0.717) is 23.5 Å². The summed E-state index contributed by atoms with van der Waals surface area (Å²) in [6.45, 7) is 0.0130. The van der Waals surface area contributed by atoms with Gasteiger partial charge in [-0.15, -0.1) is 0 Å². The third-order valence-electron chi connectivity index (χ3n) is 2.20. The molecule has 19 heavy (non-hydrogen) atoms. The van der Waals surface area contributed by atoms with Crippen LogP contribution in [0.15, 0.2) is 30.9 Å². The molecular weight excluding hydrogens is 244 g/mol. The van der Waals surface area contributed by atoms with E-state index in [9.17, 15) is 4.79 Å². The van der Waals surface area contributed by atoms with Crippen molar-refractivity contribution in [1.82, 2.24) is 15.0 Å². The highest BCUT2D eigenvalue weighted by Gasteiger charge is 2.07. The predicted molar refractivity (Wildman–Crippen MR) is 69.4 cm³/mol. The second kappa shape index (κ2) is 6.33. The van der Waals surface area contributed by atoms with E-state index >= 15 is 0 Å². The molecular formula is C13H12N4O2. The molecule has 0 aromatic carbocycles. The van der Waals surface area contributed by atoms with Crippen molar-refractivity contribution in [2.24, 2.45) is 0 Å². The zero-order valence-corrected chi connectivity index (χ0v) is 10.1. The average molecular weight is 256 g/mol. The molecule has 3 N–H and O–H groups in total. The highest BCUT2D eigenvalue weighted by Crippen LogP contribution is 2.05. The number of amides is 1. The first-order valence-electron chi connectivity index (χ1n) is 5.65. The normalized spacial score (nSPS) is 9.53. The van der Waals surface area contributed by atoms with E-state index < -0.39 is 0 Å². The maximum absolute atomic E-state index is 11.9. The molecule has 6 heteroatoms. The van der Waals surface area contributed by atoms with Gasteiger partial charge < -0.3 is 10.1 Å². The first kappa shape index (κ1) is 12.8. The minimum Gasteiger partial charge on any atom is -0.395 e. The summed E-state index contributed by atoms with van der Waals surface area (Å²) in [4.78, 5) is 22.5. The van der Waals surface area contributed by atoms with E-state index in [1.54, 1.807) is 24.7 Å². The number of rotatable bonds is 3. The van der Waals surface area contributed by atoms with Crippen LogP contribution in [-0.2, 0) is 0 Å². The summed E-state index contributed by atoms with van der Waals surface area (Å²) in [6.07, 6.45) is 6.57. The molecule has 0 atom stereocenters. The third-order valence-corrected chi connectivity index (χ3v) is 2.20. The summed E-state index contributed by atoms with van der Waals surface area (Å²) < 4.78 is 0. The van der Waals surface area contributed by atoms with Crippen molar-refractivity contribution in [3.8, 4) is 11.8 Å². The summed E-state index contributed by atoms with van der Waals surface area (Å²) >= 11 is 0. The lowest BCUT2D eigenvalue weighted by Crippen LogP contribution is -2.13. The Labute approximate surface area is 109 Å². The molecule has 2 rings (SSSR count). The average Bonchev–Trinajstić information content (AvgIpc) is 2.92. The van der Waals surface area contributed by atoms with Crippen LogP contribution in [0, 0.1) is 11.8 Å². The SMILES string of the molecule is O=C(Nc1ncc[nH]1)c1cncc(C#CCCO)c1. The van der Waals surface area contributed by atoms with Gasteiger partial charge >= 0.3 is 0 Å². The van der Waals surface area contributed by atoms with E-state index in [1.165, 1.54) is 6.20 Å². The summed E-state index contributed by atoms with van der Waals surface area (Å²) in [5.74, 6) is 5.66. The molecule has 0 fully saturated rings. The van der Waals surface area contributed by atoms with Crippen LogP contribution in [0.25, 0.3) is 0 Å². The summed E-state index contributed by atoms with van der Waals surface area (Å²) in [5.41, 5.74) is 1.02. The van der Waals surface area contributed by atoms with Crippen LogP contribution in [0.1, 0.15) is 22.3 Å². The van der Waals surface area contributed by atoms with Gasteiger partial charge in [0.1, 0.15) is 0 Å². The van der Waals surface area contributed by atoms with Gasteiger partial charge in [0.05, 0.1) is 12.2 Å². The number of pyridine rings is 1. The van der Waals surface area contributed by atoms with Crippen LogP contribution in [0.2, 0.25) is 0 Å². The van der Waals surface area contributed by atoms with Crippen LogP contribution in [0.3, 0.4) is 0 Å². The van der Waals surface area contributed by atoms with Gasteiger partial charge in [-0.1, -0.05) is 11.8 Å². The maximum atomic E-state index is 11.9. The number of aromatic amines is 1. The fourth-order valence-corrected chi connectivity index (χ4v) is 1.37. The quantitative estimate of drug-likeness (QED) is 0.708. The number of carbonyl (C=O) groups is 1. The molecule has 0 radical (unpaired) electrons. The molecule has 0 saturated heterocycles. The number of aliphatic hydroxyl groups is 1. The largest absolute Gasteiger partial charge is 0.395 e.